The van der Waals surface area contributed by atoms with Crippen LogP contribution < -0.4 is 10.2 Å². The predicted molar refractivity (Wildman–Crippen MR) is 78.5 cm³/mol. The van der Waals surface area contributed by atoms with E-state index in [0.29, 0.717) is 6.04 Å². The van der Waals surface area contributed by atoms with Gasteiger partial charge in [-0.1, -0.05) is 30.4 Å². The van der Waals surface area contributed by atoms with Gasteiger partial charge in [-0.05, 0) is 45.0 Å². The van der Waals surface area contributed by atoms with Gasteiger partial charge in [0, 0.05) is 17.4 Å². The average Bonchev–Trinajstić information content (AvgIpc) is 2.65. The molecule has 0 fully saturated rings. The summed E-state index contributed by atoms with van der Waals surface area (Å²) in [6.07, 6.45) is 8.80. The van der Waals surface area contributed by atoms with Gasteiger partial charge in [-0.15, -0.1) is 0 Å². The van der Waals surface area contributed by atoms with Crippen molar-refractivity contribution in [1.82, 2.24) is 5.32 Å². The van der Waals surface area contributed by atoms with E-state index in [9.17, 15) is 0 Å². The Kier molecular flexibility index (Phi) is 4.46. The number of nitrogens with zero attached hydrogens (tertiary/aromatic N) is 1. The molecule has 1 aromatic rings. The van der Waals surface area contributed by atoms with Gasteiger partial charge in [-0.2, -0.15) is 0 Å². The molecule has 0 saturated heterocycles. The lowest BCUT2D eigenvalue weighted by Crippen LogP contribution is -2.34. The fourth-order valence-corrected chi connectivity index (χ4v) is 2.15. The van der Waals surface area contributed by atoms with E-state index in [-0.39, 0.29) is 0 Å². The zero-order valence-electron chi connectivity index (χ0n) is 11.3. The first-order chi connectivity index (χ1) is 8.77. The van der Waals surface area contributed by atoms with Crippen LogP contribution in [0.2, 0.25) is 0 Å². The van der Waals surface area contributed by atoms with Gasteiger partial charge in [0.15, 0.2) is 0 Å². The quantitative estimate of drug-likeness (QED) is 0.866. The Bertz CT molecular complexity index is 418. The van der Waals surface area contributed by atoms with Gasteiger partial charge in [0.25, 0.3) is 0 Å². The van der Waals surface area contributed by atoms with E-state index in [0.717, 1.165) is 19.4 Å². The molecule has 96 valence electrons. The van der Waals surface area contributed by atoms with Crippen LogP contribution >= 0.6 is 0 Å². The molecule has 0 aromatic heterocycles. The summed E-state index contributed by atoms with van der Waals surface area (Å²) in [6.45, 7) is 5.41. The first-order valence-electron chi connectivity index (χ1n) is 6.69. The second kappa shape index (κ2) is 6.29. The molecule has 18 heavy (non-hydrogen) atoms. The van der Waals surface area contributed by atoms with Crippen LogP contribution in [-0.4, -0.2) is 12.6 Å². The van der Waals surface area contributed by atoms with E-state index in [4.69, 9.17) is 0 Å². The highest BCUT2D eigenvalue weighted by Gasteiger charge is 2.12. The smallest absolute Gasteiger partial charge is 0.0579 e. The number of rotatable bonds is 4. The van der Waals surface area contributed by atoms with Crippen LogP contribution in [0.3, 0.4) is 0 Å². The summed E-state index contributed by atoms with van der Waals surface area (Å²) in [5.41, 5.74) is 2.57. The van der Waals surface area contributed by atoms with Crippen molar-refractivity contribution in [3.63, 3.8) is 0 Å². The molecule has 1 heterocycles. The van der Waals surface area contributed by atoms with Crippen LogP contribution in [-0.2, 0) is 0 Å². The monoisotopic (exact) mass is 242 g/mol. The first kappa shape index (κ1) is 12.7. The van der Waals surface area contributed by atoms with Crippen LogP contribution in [0.15, 0.2) is 54.4 Å². The normalized spacial score (nSPS) is 14.9. The predicted octanol–water partition coefficient (Wildman–Crippen LogP) is 3.68. The number of anilines is 1. The molecule has 0 bridgehead atoms. The summed E-state index contributed by atoms with van der Waals surface area (Å²) in [5.74, 6) is 0. The minimum absolute atomic E-state index is 0.488. The van der Waals surface area contributed by atoms with Crippen molar-refractivity contribution in [2.75, 3.05) is 11.4 Å². The van der Waals surface area contributed by atoms with E-state index in [1.807, 2.05) is 0 Å². The highest BCUT2D eigenvalue weighted by Crippen LogP contribution is 2.18. The Hall–Kier alpha value is -1.70. The second-order valence-corrected chi connectivity index (χ2v) is 4.91. The Morgan fingerprint density at radius 2 is 1.94 bits per heavy atom. The zero-order valence-corrected chi connectivity index (χ0v) is 11.3. The zero-order chi connectivity index (χ0) is 12.8. The molecule has 2 nitrogen and oxygen atoms in total. The van der Waals surface area contributed by atoms with Crippen molar-refractivity contribution in [2.45, 2.75) is 32.7 Å². The Balaban J connectivity index is 2.12. The maximum atomic E-state index is 3.38. The lowest BCUT2D eigenvalue weighted by molar-refractivity contribution is 0.698. The van der Waals surface area contributed by atoms with E-state index in [1.54, 1.807) is 0 Å². The molecule has 0 atom stereocenters. The highest BCUT2D eigenvalue weighted by atomic mass is 15.2. The number of para-hydroxylation sites is 1. The molecule has 0 unspecified atom stereocenters. The lowest BCUT2D eigenvalue weighted by atomic mass is 10.2. The van der Waals surface area contributed by atoms with Gasteiger partial charge in [-0.25, -0.2) is 0 Å². The van der Waals surface area contributed by atoms with Crippen LogP contribution in [0, 0.1) is 0 Å². The van der Waals surface area contributed by atoms with Crippen molar-refractivity contribution >= 4 is 5.69 Å². The standard InChI is InChI=1S/C16H22N2/c1-14(2)18(16-10-6-3-7-11-16)13-15-9-5-4-8-12-17-15/h3,6-12,14,17H,4-5,13H2,1-2H3. The van der Waals surface area contributed by atoms with E-state index >= 15 is 0 Å². The topological polar surface area (TPSA) is 15.3 Å². The summed E-state index contributed by atoms with van der Waals surface area (Å²) in [6, 6.07) is 11.1. The summed E-state index contributed by atoms with van der Waals surface area (Å²) in [4.78, 5) is 2.41. The molecule has 1 aromatic carbocycles. The molecule has 0 radical (unpaired) electrons. The summed E-state index contributed by atoms with van der Waals surface area (Å²) >= 11 is 0. The van der Waals surface area contributed by atoms with E-state index in [1.165, 1.54) is 11.4 Å². The minimum atomic E-state index is 0.488. The van der Waals surface area contributed by atoms with Crippen molar-refractivity contribution in [1.29, 1.82) is 0 Å². The first-order valence-corrected chi connectivity index (χ1v) is 6.69. The largest absolute Gasteiger partial charge is 0.364 e. The molecule has 2 heteroatoms. The van der Waals surface area contributed by atoms with E-state index in [2.05, 4.69) is 72.7 Å². The number of hydrogen-bond acceptors (Lipinski definition) is 2. The fraction of sp³-hybridized carbons (Fsp3) is 0.375. The lowest BCUT2D eigenvalue weighted by Gasteiger charge is -2.30. The van der Waals surface area contributed by atoms with Gasteiger partial charge >= 0.3 is 0 Å². The molecule has 0 aliphatic carbocycles. The van der Waals surface area contributed by atoms with Crippen LogP contribution in [0.25, 0.3) is 0 Å². The van der Waals surface area contributed by atoms with Gasteiger partial charge in [0.05, 0.1) is 6.54 Å². The van der Waals surface area contributed by atoms with Gasteiger partial charge in [0.2, 0.25) is 0 Å². The van der Waals surface area contributed by atoms with Crippen molar-refractivity contribution < 1.29 is 0 Å². The number of nitrogens with one attached hydrogen (secondary N) is 1. The second-order valence-electron chi connectivity index (χ2n) is 4.91. The average molecular weight is 242 g/mol. The third-order valence-corrected chi connectivity index (χ3v) is 3.16. The maximum Gasteiger partial charge on any atom is 0.0579 e. The van der Waals surface area contributed by atoms with Crippen LogP contribution in [0.5, 0.6) is 0 Å². The third kappa shape index (κ3) is 3.39. The molecule has 1 aliphatic rings. The van der Waals surface area contributed by atoms with Gasteiger partial charge in [-0.3, -0.25) is 0 Å². The van der Waals surface area contributed by atoms with Crippen molar-refractivity contribution in [3.8, 4) is 0 Å². The molecule has 1 aliphatic heterocycles. The molecule has 0 spiro atoms. The fourth-order valence-electron chi connectivity index (χ4n) is 2.15. The molecular formula is C16H22N2. The molecular weight excluding hydrogens is 220 g/mol. The summed E-state index contributed by atoms with van der Waals surface area (Å²) in [5, 5.41) is 3.38. The SMILES string of the molecule is CC(C)N(CC1=CCCC=CN1)c1ccccc1. The number of benzene rings is 1. The number of hydrogen-bond donors (Lipinski definition) is 1. The van der Waals surface area contributed by atoms with E-state index < -0.39 is 0 Å². The Labute approximate surface area is 110 Å². The summed E-state index contributed by atoms with van der Waals surface area (Å²) < 4.78 is 0. The minimum Gasteiger partial charge on any atom is -0.364 e. The summed E-state index contributed by atoms with van der Waals surface area (Å²) in [7, 11) is 0. The Morgan fingerprint density at radius 1 is 1.17 bits per heavy atom. The van der Waals surface area contributed by atoms with Crippen molar-refractivity contribution in [3.05, 3.63) is 54.4 Å². The maximum absolute atomic E-state index is 3.38. The van der Waals surface area contributed by atoms with Gasteiger partial charge in [0.1, 0.15) is 0 Å². The highest BCUT2D eigenvalue weighted by molar-refractivity contribution is 5.48. The Morgan fingerprint density at radius 3 is 2.67 bits per heavy atom. The van der Waals surface area contributed by atoms with Crippen molar-refractivity contribution in [2.24, 2.45) is 0 Å². The third-order valence-electron chi connectivity index (χ3n) is 3.16. The molecule has 1 N–H and O–H groups in total. The number of allylic oxidation sites excluding steroid dienone is 2. The molecule has 2 rings (SSSR count). The molecule has 0 amide bonds. The van der Waals surface area contributed by atoms with Crippen LogP contribution in [0.4, 0.5) is 5.69 Å². The van der Waals surface area contributed by atoms with Crippen LogP contribution in [0.1, 0.15) is 26.7 Å². The van der Waals surface area contributed by atoms with Gasteiger partial charge < -0.3 is 10.2 Å². The molecule has 0 saturated carbocycles.